The highest BCUT2D eigenvalue weighted by atomic mass is 32.2. The molecule has 2 unspecified atom stereocenters. The van der Waals surface area contributed by atoms with E-state index in [0.717, 1.165) is 42.8 Å². The van der Waals surface area contributed by atoms with Crippen LogP contribution in [-0.2, 0) is 23.6 Å². The molecular weight excluding hydrogens is 366 g/mol. The molecule has 0 radical (unpaired) electrons. The van der Waals surface area contributed by atoms with Gasteiger partial charge in [0, 0.05) is 44.3 Å². The first-order chi connectivity index (χ1) is 13.6. The monoisotopic (exact) mass is 397 g/mol. The van der Waals surface area contributed by atoms with Gasteiger partial charge in [-0.2, -0.15) is 0 Å². The Morgan fingerprint density at radius 1 is 1.14 bits per heavy atom. The van der Waals surface area contributed by atoms with E-state index in [1.54, 1.807) is 18.0 Å². The summed E-state index contributed by atoms with van der Waals surface area (Å²) in [5.41, 5.74) is 3.70. The first-order valence-corrected chi connectivity index (χ1v) is 11.3. The number of benzene rings is 1. The predicted molar refractivity (Wildman–Crippen MR) is 117 cm³/mol. The Morgan fingerprint density at radius 2 is 1.89 bits per heavy atom. The van der Waals surface area contributed by atoms with Gasteiger partial charge in [-0.05, 0) is 41.0 Å². The molecule has 1 aliphatic rings. The summed E-state index contributed by atoms with van der Waals surface area (Å²) < 4.78 is 0. The number of nitrogens with one attached hydrogen (secondary N) is 1. The average molecular weight is 398 g/mol. The van der Waals surface area contributed by atoms with Gasteiger partial charge in [0.05, 0.1) is 5.75 Å². The van der Waals surface area contributed by atoms with Crippen molar-refractivity contribution in [1.82, 2.24) is 15.2 Å². The molecule has 1 aromatic heterocycles. The number of carbonyl (C=O) groups excluding carboxylic acids is 1. The summed E-state index contributed by atoms with van der Waals surface area (Å²) >= 11 is 1.62. The molecule has 2 aromatic rings. The third-order valence-electron chi connectivity index (χ3n) is 5.16. The number of likely N-dealkylation sites (tertiary alicyclic amines) is 1. The van der Waals surface area contributed by atoms with Crippen LogP contribution in [0, 0.1) is 11.8 Å². The highest BCUT2D eigenvalue weighted by Gasteiger charge is 2.22. The van der Waals surface area contributed by atoms with Crippen molar-refractivity contribution in [1.29, 1.82) is 0 Å². The van der Waals surface area contributed by atoms with Crippen molar-refractivity contribution in [2.45, 2.75) is 39.1 Å². The third-order valence-corrected chi connectivity index (χ3v) is 6.16. The highest BCUT2D eigenvalue weighted by Crippen LogP contribution is 2.23. The maximum absolute atomic E-state index is 12.2. The van der Waals surface area contributed by atoms with Crippen LogP contribution < -0.4 is 5.32 Å². The number of pyridine rings is 1. The van der Waals surface area contributed by atoms with Crippen molar-refractivity contribution in [3.05, 3.63) is 65.5 Å². The zero-order valence-corrected chi connectivity index (χ0v) is 17.8. The molecule has 1 aromatic carbocycles. The van der Waals surface area contributed by atoms with Crippen LogP contribution in [-0.4, -0.2) is 34.6 Å². The van der Waals surface area contributed by atoms with Gasteiger partial charge in [-0.15, -0.1) is 11.8 Å². The van der Waals surface area contributed by atoms with Crippen LogP contribution in [0.3, 0.4) is 0 Å². The molecule has 1 fully saturated rings. The fraction of sp³-hybridized carbons (Fsp3) is 0.478. The van der Waals surface area contributed by atoms with Crippen LogP contribution in [0.2, 0.25) is 0 Å². The number of hydrogen-bond donors (Lipinski definition) is 1. The molecule has 0 aliphatic carbocycles. The van der Waals surface area contributed by atoms with Crippen LogP contribution >= 0.6 is 11.8 Å². The molecule has 28 heavy (non-hydrogen) atoms. The fourth-order valence-electron chi connectivity index (χ4n) is 4.04. The molecule has 0 spiro atoms. The standard InChI is InChI=1S/C23H31N3OS/c1-18-10-19(2)14-26(13-18)15-22-8-4-3-7-21(22)12-25-23(27)17-28-16-20-6-5-9-24-11-20/h3-9,11,18-19H,10,12-17H2,1-2H3,(H,25,27). The molecule has 150 valence electrons. The normalized spacial score (nSPS) is 20.1. The Kier molecular flexibility index (Phi) is 7.92. The number of nitrogens with zero attached hydrogens (tertiary/aromatic N) is 2. The van der Waals surface area contributed by atoms with Gasteiger partial charge >= 0.3 is 0 Å². The minimum atomic E-state index is 0.0870. The lowest BCUT2D eigenvalue weighted by Gasteiger charge is -2.35. The van der Waals surface area contributed by atoms with E-state index in [-0.39, 0.29) is 5.91 Å². The maximum Gasteiger partial charge on any atom is 0.230 e. The Morgan fingerprint density at radius 3 is 2.61 bits per heavy atom. The number of piperidine rings is 1. The van der Waals surface area contributed by atoms with Gasteiger partial charge in [0.15, 0.2) is 0 Å². The molecule has 3 rings (SSSR count). The molecule has 1 amide bonds. The first kappa shape index (κ1) is 20.9. The minimum absolute atomic E-state index is 0.0870. The molecule has 0 bridgehead atoms. The van der Waals surface area contributed by atoms with Crippen molar-refractivity contribution >= 4 is 17.7 Å². The van der Waals surface area contributed by atoms with E-state index in [2.05, 4.69) is 53.3 Å². The molecule has 1 saturated heterocycles. The largest absolute Gasteiger partial charge is 0.351 e. The van der Waals surface area contributed by atoms with Crippen LogP contribution in [0.15, 0.2) is 48.8 Å². The summed E-state index contributed by atoms with van der Waals surface area (Å²) in [7, 11) is 0. The van der Waals surface area contributed by atoms with Crippen molar-refractivity contribution in [2.75, 3.05) is 18.8 Å². The van der Waals surface area contributed by atoms with Gasteiger partial charge in [0.25, 0.3) is 0 Å². The fourth-order valence-corrected chi connectivity index (χ4v) is 4.83. The maximum atomic E-state index is 12.2. The third kappa shape index (κ3) is 6.64. The molecule has 4 nitrogen and oxygen atoms in total. The second-order valence-electron chi connectivity index (χ2n) is 8.04. The zero-order chi connectivity index (χ0) is 19.8. The van der Waals surface area contributed by atoms with E-state index < -0.39 is 0 Å². The van der Waals surface area contributed by atoms with E-state index in [0.29, 0.717) is 12.3 Å². The van der Waals surface area contributed by atoms with Gasteiger partial charge in [-0.1, -0.05) is 44.2 Å². The number of aromatic nitrogens is 1. The van der Waals surface area contributed by atoms with Gasteiger partial charge in [-0.25, -0.2) is 0 Å². The van der Waals surface area contributed by atoms with Crippen molar-refractivity contribution in [3.8, 4) is 0 Å². The summed E-state index contributed by atoms with van der Waals surface area (Å²) in [5.74, 6) is 2.88. The lowest BCUT2D eigenvalue weighted by molar-refractivity contribution is -0.118. The summed E-state index contributed by atoms with van der Waals surface area (Å²) in [6.07, 6.45) is 4.94. The van der Waals surface area contributed by atoms with Crippen LogP contribution in [0.25, 0.3) is 0 Å². The molecular formula is C23H31N3OS. The molecule has 0 saturated carbocycles. The molecule has 2 heterocycles. The second-order valence-corrected chi connectivity index (χ2v) is 9.03. The minimum Gasteiger partial charge on any atom is -0.351 e. The number of carbonyl (C=O) groups is 1. The summed E-state index contributed by atoms with van der Waals surface area (Å²) in [5, 5.41) is 3.09. The van der Waals surface area contributed by atoms with Crippen molar-refractivity contribution < 1.29 is 4.79 Å². The quantitative estimate of drug-likeness (QED) is 0.728. The average Bonchev–Trinajstić information content (AvgIpc) is 2.67. The van der Waals surface area contributed by atoms with Gasteiger partial charge in [0.2, 0.25) is 5.91 Å². The van der Waals surface area contributed by atoms with Crippen LogP contribution in [0.1, 0.15) is 37.0 Å². The number of amides is 1. The topological polar surface area (TPSA) is 45.2 Å². The van der Waals surface area contributed by atoms with Gasteiger partial charge in [0.1, 0.15) is 0 Å². The lowest BCUT2D eigenvalue weighted by atomic mass is 9.91. The Balaban J connectivity index is 1.47. The zero-order valence-electron chi connectivity index (χ0n) is 16.9. The number of hydrogen-bond acceptors (Lipinski definition) is 4. The van der Waals surface area contributed by atoms with E-state index in [9.17, 15) is 4.79 Å². The lowest BCUT2D eigenvalue weighted by Crippen LogP contribution is -2.38. The summed E-state index contributed by atoms with van der Waals surface area (Å²) in [6.45, 7) is 8.58. The molecule has 1 aliphatic heterocycles. The number of rotatable bonds is 8. The van der Waals surface area contributed by atoms with E-state index in [1.165, 1.54) is 17.5 Å². The summed E-state index contributed by atoms with van der Waals surface area (Å²) in [4.78, 5) is 18.9. The molecule has 2 atom stereocenters. The van der Waals surface area contributed by atoms with E-state index in [1.807, 2.05) is 18.3 Å². The summed E-state index contributed by atoms with van der Waals surface area (Å²) in [6, 6.07) is 12.5. The Hall–Kier alpha value is -1.85. The molecule has 5 heteroatoms. The highest BCUT2D eigenvalue weighted by molar-refractivity contribution is 7.99. The smallest absolute Gasteiger partial charge is 0.230 e. The molecule has 1 N–H and O–H groups in total. The van der Waals surface area contributed by atoms with Crippen molar-refractivity contribution in [3.63, 3.8) is 0 Å². The number of thioether (sulfide) groups is 1. The van der Waals surface area contributed by atoms with E-state index >= 15 is 0 Å². The SMILES string of the molecule is CC1CC(C)CN(Cc2ccccc2CNC(=O)CSCc2cccnc2)C1. The first-order valence-electron chi connectivity index (χ1n) is 10.1. The van der Waals surface area contributed by atoms with Crippen LogP contribution in [0.5, 0.6) is 0 Å². The van der Waals surface area contributed by atoms with Crippen molar-refractivity contribution in [2.24, 2.45) is 11.8 Å². The van der Waals surface area contributed by atoms with E-state index in [4.69, 9.17) is 0 Å². The predicted octanol–water partition coefficient (Wildman–Crippen LogP) is 4.11. The van der Waals surface area contributed by atoms with Gasteiger partial charge in [-0.3, -0.25) is 14.7 Å². The Labute approximate surface area is 173 Å². The second kappa shape index (κ2) is 10.6. The Bertz CT molecular complexity index is 743. The van der Waals surface area contributed by atoms with Crippen LogP contribution in [0.4, 0.5) is 0 Å². The van der Waals surface area contributed by atoms with Gasteiger partial charge < -0.3 is 5.32 Å².